The van der Waals surface area contributed by atoms with E-state index in [1.165, 1.54) is 5.69 Å². The van der Waals surface area contributed by atoms with Gasteiger partial charge in [0.25, 0.3) is 0 Å². The molecule has 0 aliphatic carbocycles. The van der Waals surface area contributed by atoms with E-state index in [-0.39, 0.29) is 0 Å². The van der Waals surface area contributed by atoms with Gasteiger partial charge in [-0.05, 0) is 24.3 Å². The predicted molar refractivity (Wildman–Crippen MR) is 81.2 cm³/mol. The van der Waals surface area contributed by atoms with Crippen LogP contribution in [0.3, 0.4) is 0 Å². The van der Waals surface area contributed by atoms with Crippen molar-refractivity contribution in [1.82, 2.24) is 19.3 Å². The molecule has 0 aliphatic rings. The van der Waals surface area contributed by atoms with Gasteiger partial charge in [-0.2, -0.15) is 5.10 Å². The lowest BCUT2D eigenvalue weighted by molar-refractivity contribution is 0.634. The Labute approximate surface area is 126 Å². The Hall–Kier alpha value is -1.52. The molecule has 2 aromatic heterocycles. The van der Waals surface area contributed by atoms with Crippen molar-refractivity contribution in [2.24, 2.45) is 7.05 Å². The van der Waals surface area contributed by atoms with E-state index < -0.39 is 0 Å². The molecule has 3 rings (SSSR count). The summed E-state index contributed by atoms with van der Waals surface area (Å²) >= 11 is 12.0. The van der Waals surface area contributed by atoms with Gasteiger partial charge in [-0.3, -0.25) is 4.68 Å². The largest absolute Gasteiger partial charge is 0.327 e. The smallest absolute Gasteiger partial charge is 0.124 e. The van der Waals surface area contributed by atoms with Crippen molar-refractivity contribution in [3.63, 3.8) is 0 Å². The van der Waals surface area contributed by atoms with Crippen LogP contribution in [0.15, 0.2) is 30.5 Å². The molecule has 0 N–H and O–H groups in total. The van der Waals surface area contributed by atoms with Crippen molar-refractivity contribution in [3.8, 4) is 0 Å². The van der Waals surface area contributed by atoms with Crippen molar-refractivity contribution in [3.05, 3.63) is 47.0 Å². The van der Waals surface area contributed by atoms with Gasteiger partial charge in [0.2, 0.25) is 0 Å². The van der Waals surface area contributed by atoms with Gasteiger partial charge >= 0.3 is 0 Å². The zero-order valence-electron chi connectivity index (χ0n) is 11.1. The molecule has 20 heavy (non-hydrogen) atoms. The van der Waals surface area contributed by atoms with Crippen LogP contribution < -0.4 is 0 Å². The molecular weight excluding hydrogens is 295 g/mol. The zero-order valence-corrected chi connectivity index (χ0v) is 12.6. The molecule has 0 aliphatic heterocycles. The van der Waals surface area contributed by atoms with E-state index in [0.29, 0.717) is 10.9 Å². The molecule has 3 aromatic rings. The van der Waals surface area contributed by atoms with E-state index in [1.54, 1.807) is 0 Å². The van der Waals surface area contributed by atoms with Gasteiger partial charge in [-0.15, -0.1) is 11.6 Å². The first kappa shape index (κ1) is 13.5. The quantitative estimate of drug-likeness (QED) is 0.692. The number of imidazole rings is 1. The van der Waals surface area contributed by atoms with E-state index in [0.717, 1.165) is 29.8 Å². The lowest BCUT2D eigenvalue weighted by Crippen LogP contribution is -2.07. The predicted octanol–water partition coefficient (Wildman–Crippen LogP) is 3.40. The van der Waals surface area contributed by atoms with Gasteiger partial charge in [-0.25, -0.2) is 4.98 Å². The molecule has 6 heteroatoms. The van der Waals surface area contributed by atoms with Crippen molar-refractivity contribution < 1.29 is 0 Å². The molecule has 0 fully saturated rings. The van der Waals surface area contributed by atoms with Crippen LogP contribution >= 0.6 is 23.2 Å². The fourth-order valence-electron chi connectivity index (χ4n) is 2.38. The molecule has 0 saturated heterocycles. The summed E-state index contributed by atoms with van der Waals surface area (Å²) in [4.78, 5) is 4.54. The lowest BCUT2D eigenvalue weighted by atomic mass is 10.3. The second kappa shape index (κ2) is 5.46. The maximum Gasteiger partial charge on any atom is 0.124 e. The molecular formula is C14H14Cl2N4. The highest BCUT2D eigenvalue weighted by Crippen LogP contribution is 2.22. The van der Waals surface area contributed by atoms with E-state index >= 15 is 0 Å². The van der Waals surface area contributed by atoms with Gasteiger partial charge in [0, 0.05) is 36.9 Å². The molecule has 1 aromatic carbocycles. The standard InChI is InChI=1S/C14H14Cl2N4/c1-19-11(4-6-17-19)5-7-20-13-3-2-10(16)8-12(13)18-14(20)9-15/h2-4,6,8H,5,7,9H2,1H3. The second-order valence-corrected chi connectivity index (χ2v) is 5.35. The number of alkyl halides is 1. The van der Waals surface area contributed by atoms with Crippen LogP contribution in [-0.2, 0) is 25.9 Å². The van der Waals surface area contributed by atoms with Gasteiger partial charge in [0.1, 0.15) is 5.82 Å². The molecule has 4 nitrogen and oxygen atoms in total. The van der Waals surface area contributed by atoms with E-state index in [1.807, 2.05) is 42.2 Å². The molecule has 0 unspecified atom stereocenters. The van der Waals surface area contributed by atoms with E-state index in [9.17, 15) is 0 Å². The molecule has 0 saturated carbocycles. The monoisotopic (exact) mass is 308 g/mol. The Morgan fingerprint density at radius 3 is 2.80 bits per heavy atom. The third-order valence-corrected chi connectivity index (χ3v) is 3.90. The summed E-state index contributed by atoms with van der Waals surface area (Å²) in [6.45, 7) is 0.819. The van der Waals surface area contributed by atoms with Gasteiger partial charge in [-0.1, -0.05) is 11.6 Å². The maximum absolute atomic E-state index is 6.01. The molecule has 0 amide bonds. The number of aromatic nitrogens is 4. The summed E-state index contributed by atoms with van der Waals surface area (Å²) < 4.78 is 4.03. The SMILES string of the molecule is Cn1nccc1CCn1c(CCl)nc2cc(Cl)ccc21. The van der Waals surface area contributed by atoms with Crippen LogP contribution in [0.1, 0.15) is 11.5 Å². The average molecular weight is 309 g/mol. The third-order valence-electron chi connectivity index (χ3n) is 3.42. The summed E-state index contributed by atoms with van der Waals surface area (Å²) in [6.07, 6.45) is 2.69. The number of aryl methyl sites for hydroxylation is 3. The minimum atomic E-state index is 0.387. The highest BCUT2D eigenvalue weighted by molar-refractivity contribution is 6.31. The van der Waals surface area contributed by atoms with Gasteiger partial charge < -0.3 is 4.57 Å². The van der Waals surface area contributed by atoms with Crippen LogP contribution in [0.5, 0.6) is 0 Å². The van der Waals surface area contributed by atoms with Crippen LogP contribution in [0.25, 0.3) is 11.0 Å². The Morgan fingerprint density at radius 2 is 2.10 bits per heavy atom. The second-order valence-electron chi connectivity index (χ2n) is 4.64. The minimum Gasteiger partial charge on any atom is -0.327 e. The average Bonchev–Trinajstić information content (AvgIpc) is 2.99. The van der Waals surface area contributed by atoms with Crippen LogP contribution in [0.2, 0.25) is 5.02 Å². The van der Waals surface area contributed by atoms with Crippen LogP contribution in [0, 0.1) is 0 Å². The van der Waals surface area contributed by atoms with Crippen LogP contribution in [0.4, 0.5) is 0 Å². The Bertz CT molecular complexity index is 745. The number of halogens is 2. The van der Waals surface area contributed by atoms with Crippen molar-refractivity contribution in [2.45, 2.75) is 18.8 Å². The zero-order chi connectivity index (χ0) is 14.1. The molecule has 0 spiro atoms. The molecule has 0 radical (unpaired) electrons. The number of hydrogen-bond acceptors (Lipinski definition) is 2. The third kappa shape index (κ3) is 2.41. The van der Waals surface area contributed by atoms with Gasteiger partial charge in [0.05, 0.1) is 16.9 Å². The summed E-state index contributed by atoms with van der Waals surface area (Å²) in [5.74, 6) is 1.25. The normalized spacial score (nSPS) is 11.3. The Kier molecular flexibility index (Phi) is 3.68. The Morgan fingerprint density at radius 1 is 1.25 bits per heavy atom. The number of hydrogen-bond donors (Lipinski definition) is 0. The first-order chi connectivity index (χ1) is 9.69. The van der Waals surface area contributed by atoms with E-state index in [4.69, 9.17) is 23.2 Å². The number of benzene rings is 1. The molecule has 2 heterocycles. The summed E-state index contributed by atoms with van der Waals surface area (Å²) in [5.41, 5.74) is 3.13. The van der Waals surface area contributed by atoms with Crippen molar-refractivity contribution in [2.75, 3.05) is 0 Å². The fourth-order valence-corrected chi connectivity index (χ4v) is 2.75. The summed E-state index contributed by atoms with van der Waals surface area (Å²) in [6, 6.07) is 7.76. The van der Waals surface area contributed by atoms with Crippen molar-refractivity contribution >= 4 is 34.2 Å². The van der Waals surface area contributed by atoms with Crippen LogP contribution in [-0.4, -0.2) is 19.3 Å². The highest BCUT2D eigenvalue weighted by atomic mass is 35.5. The maximum atomic E-state index is 6.01. The molecule has 104 valence electrons. The first-order valence-corrected chi connectivity index (χ1v) is 7.28. The molecule has 0 bridgehead atoms. The summed E-state index contributed by atoms with van der Waals surface area (Å²) in [7, 11) is 1.95. The van der Waals surface area contributed by atoms with E-state index in [2.05, 4.69) is 14.6 Å². The van der Waals surface area contributed by atoms with Crippen molar-refractivity contribution in [1.29, 1.82) is 0 Å². The highest BCUT2D eigenvalue weighted by Gasteiger charge is 2.11. The Balaban J connectivity index is 1.95. The topological polar surface area (TPSA) is 35.6 Å². The fraction of sp³-hybridized carbons (Fsp3) is 0.286. The first-order valence-electron chi connectivity index (χ1n) is 6.36. The number of fused-ring (bicyclic) bond motifs is 1. The minimum absolute atomic E-state index is 0.387. The molecule has 0 atom stereocenters. The summed E-state index contributed by atoms with van der Waals surface area (Å²) in [5, 5.41) is 4.87. The van der Waals surface area contributed by atoms with Gasteiger partial charge in [0.15, 0.2) is 0 Å². The lowest BCUT2D eigenvalue weighted by Gasteiger charge is -2.08. The number of rotatable bonds is 4. The number of nitrogens with zero attached hydrogens (tertiary/aromatic N) is 4.